The highest BCUT2D eigenvalue weighted by Crippen LogP contribution is 2.43. The summed E-state index contributed by atoms with van der Waals surface area (Å²) in [5.74, 6) is 6.65. The van der Waals surface area contributed by atoms with Crippen molar-refractivity contribution in [1.82, 2.24) is 4.31 Å². The number of nitrogens with zero attached hydrogens (tertiary/aromatic N) is 2. The summed E-state index contributed by atoms with van der Waals surface area (Å²) in [6, 6.07) is 16.2. The number of benzene rings is 2. The second kappa shape index (κ2) is 8.62. The van der Waals surface area contributed by atoms with Crippen LogP contribution in [0.3, 0.4) is 0 Å². The average Bonchev–Trinajstić information content (AvgIpc) is 3.27. The van der Waals surface area contributed by atoms with Crippen LogP contribution in [0.1, 0.15) is 42.7 Å². The zero-order valence-electron chi connectivity index (χ0n) is 16.6. The molecule has 2 aliphatic rings. The normalized spacial score (nSPS) is 24.5. The summed E-state index contributed by atoms with van der Waals surface area (Å²) in [6.45, 7) is -0.349. The largest absolute Gasteiger partial charge is 0.395 e. The highest BCUT2D eigenvalue weighted by Gasteiger charge is 2.55. The molecule has 1 heterocycles. The number of sulfonamides is 1. The van der Waals surface area contributed by atoms with E-state index in [1.165, 1.54) is 37.8 Å². The number of aliphatic hydroxyl groups excluding tert-OH is 1. The lowest BCUT2D eigenvalue weighted by molar-refractivity contribution is 0.0557. The standard InChI is InChI=1S/C24H24N2O3S/c25-16-22-24(20-14-12-19(13-15-20)11-10-18-6-4-5-7-18)23(17-27)26(22)30(28,29)21-8-2-1-3-9-21/h1-3,8-9,12-15,18,22-24,27H,4-7,17H2/t22-,23-,24+/m0/s1. The molecule has 3 atom stereocenters. The minimum Gasteiger partial charge on any atom is -0.395 e. The maximum Gasteiger partial charge on any atom is 0.244 e. The summed E-state index contributed by atoms with van der Waals surface area (Å²) in [7, 11) is -3.86. The Labute approximate surface area is 178 Å². The Morgan fingerprint density at radius 1 is 1.03 bits per heavy atom. The molecule has 5 nitrogen and oxygen atoms in total. The minimum atomic E-state index is -3.86. The van der Waals surface area contributed by atoms with Gasteiger partial charge in [0.05, 0.1) is 23.6 Å². The molecular formula is C24H24N2O3S. The van der Waals surface area contributed by atoms with Gasteiger partial charge in [-0.2, -0.15) is 9.57 Å². The van der Waals surface area contributed by atoms with Gasteiger partial charge in [0.25, 0.3) is 0 Å². The van der Waals surface area contributed by atoms with Gasteiger partial charge in [-0.05, 0) is 42.7 Å². The lowest BCUT2D eigenvalue weighted by Gasteiger charge is -2.50. The van der Waals surface area contributed by atoms with Crippen molar-refractivity contribution in [1.29, 1.82) is 5.26 Å². The lowest BCUT2D eigenvalue weighted by atomic mass is 9.78. The number of aliphatic hydroxyl groups is 1. The highest BCUT2D eigenvalue weighted by molar-refractivity contribution is 7.89. The molecule has 2 aromatic carbocycles. The second-order valence-electron chi connectivity index (χ2n) is 7.87. The van der Waals surface area contributed by atoms with Crippen LogP contribution in [0.4, 0.5) is 0 Å². The topological polar surface area (TPSA) is 81.4 Å². The number of nitriles is 1. The van der Waals surface area contributed by atoms with Gasteiger partial charge in [-0.1, -0.05) is 55.0 Å². The molecule has 6 heteroatoms. The van der Waals surface area contributed by atoms with Gasteiger partial charge in [0, 0.05) is 17.4 Å². The first-order valence-corrected chi connectivity index (χ1v) is 11.7. The summed E-state index contributed by atoms with van der Waals surface area (Å²) in [4.78, 5) is 0.125. The van der Waals surface area contributed by atoms with Gasteiger partial charge in [-0.25, -0.2) is 8.42 Å². The molecule has 2 fully saturated rings. The molecule has 0 unspecified atom stereocenters. The fraction of sp³-hybridized carbons (Fsp3) is 0.375. The third-order valence-electron chi connectivity index (χ3n) is 6.07. The van der Waals surface area contributed by atoms with E-state index in [0.29, 0.717) is 5.92 Å². The van der Waals surface area contributed by atoms with E-state index in [-0.39, 0.29) is 17.4 Å². The van der Waals surface area contributed by atoms with E-state index in [9.17, 15) is 18.8 Å². The zero-order valence-corrected chi connectivity index (χ0v) is 17.4. The smallest absolute Gasteiger partial charge is 0.244 e. The van der Waals surface area contributed by atoms with Crippen molar-refractivity contribution < 1.29 is 13.5 Å². The number of hydrogen-bond donors (Lipinski definition) is 1. The SMILES string of the molecule is N#C[C@H]1[C@@H](c2ccc(C#CC3CCCC3)cc2)[C@H](CO)N1S(=O)(=O)c1ccccc1. The van der Waals surface area contributed by atoms with Crippen LogP contribution in [0.2, 0.25) is 0 Å². The maximum atomic E-state index is 13.0. The summed E-state index contributed by atoms with van der Waals surface area (Å²) >= 11 is 0. The Morgan fingerprint density at radius 2 is 1.70 bits per heavy atom. The van der Waals surface area contributed by atoms with Gasteiger partial charge in [-0.3, -0.25) is 0 Å². The first-order valence-electron chi connectivity index (χ1n) is 10.3. The molecule has 1 saturated carbocycles. The Kier molecular flexibility index (Phi) is 5.92. The second-order valence-corrected chi connectivity index (χ2v) is 9.71. The molecule has 2 aromatic rings. The van der Waals surface area contributed by atoms with Crippen LogP contribution in [0.5, 0.6) is 0 Å². The molecule has 0 radical (unpaired) electrons. The third kappa shape index (κ3) is 3.75. The molecule has 0 amide bonds. The van der Waals surface area contributed by atoms with Gasteiger partial charge in [-0.15, -0.1) is 0 Å². The van der Waals surface area contributed by atoms with Crippen molar-refractivity contribution in [2.24, 2.45) is 5.92 Å². The van der Waals surface area contributed by atoms with Crippen molar-refractivity contribution in [3.8, 4) is 17.9 Å². The minimum absolute atomic E-state index is 0.125. The van der Waals surface area contributed by atoms with Crippen molar-refractivity contribution in [2.45, 2.75) is 48.6 Å². The Balaban J connectivity index is 1.57. The van der Waals surface area contributed by atoms with E-state index in [0.717, 1.165) is 15.4 Å². The molecule has 30 heavy (non-hydrogen) atoms. The summed E-state index contributed by atoms with van der Waals surface area (Å²) in [5, 5.41) is 19.6. The lowest BCUT2D eigenvalue weighted by Crippen LogP contribution is -2.64. The van der Waals surface area contributed by atoms with Gasteiger partial charge in [0.15, 0.2) is 0 Å². The molecule has 154 valence electrons. The molecule has 4 rings (SSSR count). The van der Waals surface area contributed by atoms with Crippen LogP contribution in [0.15, 0.2) is 59.5 Å². The van der Waals surface area contributed by atoms with Crippen molar-refractivity contribution in [2.75, 3.05) is 6.61 Å². The van der Waals surface area contributed by atoms with E-state index >= 15 is 0 Å². The van der Waals surface area contributed by atoms with Crippen molar-refractivity contribution in [3.05, 3.63) is 65.7 Å². The molecule has 0 bridgehead atoms. The van der Waals surface area contributed by atoms with E-state index in [1.807, 2.05) is 24.3 Å². The fourth-order valence-corrected chi connectivity index (χ4v) is 6.23. The molecule has 1 aliphatic heterocycles. The third-order valence-corrected chi connectivity index (χ3v) is 7.99. The Bertz CT molecular complexity index is 1090. The first kappa shape index (κ1) is 20.6. The quantitative estimate of drug-likeness (QED) is 0.770. The summed E-state index contributed by atoms with van der Waals surface area (Å²) in [6.07, 6.45) is 4.84. The van der Waals surface area contributed by atoms with E-state index in [4.69, 9.17) is 0 Å². The van der Waals surface area contributed by atoms with Crippen LogP contribution in [-0.2, 0) is 10.0 Å². The summed E-state index contributed by atoms with van der Waals surface area (Å²) < 4.78 is 27.2. The van der Waals surface area contributed by atoms with E-state index in [1.54, 1.807) is 18.2 Å². The van der Waals surface area contributed by atoms with Gasteiger partial charge in [0.1, 0.15) is 6.04 Å². The zero-order chi connectivity index (χ0) is 21.1. The van der Waals surface area contributed by atoms with Crippen LogP contribution in [0, 0.1) is 29.1 Å². The van der Waals surface area contributed by atoms with Crippen molar-refractivity contribution >= 4 is 10.0 Å². The first-order chi connectivity index (χ1) is 14.6. The van der Waals surface area contributed by atoms with Crippen LogP contribution < -0.4 is 0 Å². The highest BCUT2D eigenvalue weighted by atomic mass is 32.2. The fourth-order valence-electron chi connectivity index (χ4n) is 4.45. The molecule has 1 aliphatic carbocycles. The number of rotatable bonds is 4. The average molecular weight is 421 g/mol. The maximum absolute atomic E-state index is 13.0. The van der Waals surface area contributed by atoms with Crippen LogP contribution in [0.25, 0.3) is 0 Å². The van der Waals surface area contributed by atoms with Gasteiger partial charge < -0.3 is 5.11 Å². The molecule has 0 spiro atoms. The predicted octanol–water partition coefficient (Wildman–Crippen LogP) is 3.27. The summed E-state index contributed by atoms with van der Waals surface area (Å²) in [5.41, 5.74) is 1.75. The molecule has 0 aromatic heterocycles. The number of hydrogen-bond acceptors (Lipinski definition) is 4. The molecular weight excluding hydrogens is 396 g/mol. The monoisotopic (exact) mass is 420 g/mol. The van der Waals surface area contributed by atoms with Crippen LogP contribution in [-0.4, -0.2) is 36.5 Å². The molecule has 1 saturated heterocycles. The Hall–Kier alpha value is -2.64. The van der Waals surface area contributed by atoms with Gasteiger partial charge >= 0.3 is 0 Å². The van der Waals surface area contributed by atoms with E-state index < -0.39 is 22.1 Å². The van der Waals surface area contributed by atoms with Crippen LogP contribution >= 0.6 is 0 Å². The van der Waals surface area contributed by atoms with Gasteiger partial charge in [0.2, 0.25) is 10.0 Å². The van der Waals surface area contributed by atoms with Crippen molar-refractivity contribution in [3.63, 3.8) is 0 Å². The molecule has 1 N–H and O–H groups in total. The predicted molar refractivity (Wildman–Crippen MR) is 114 cm³/mol. The van der Waals surface area contributed by atoms with E-state index in [2.05, 4.69) is 17.9 Å². The Morgan fingerprint density at radius 3 is 2.30 bits per heavy atom.